The molecule has 2 heterocycles. The van der Waals surface area contributed by atoms with E-state index in [1.54, 1.807) is 27.2 Å². The molecule has 0 saturated carbocycles. The maximum atomic E-state index is 11.8. The van der Waals surface area contributed by atoms with E-state index in [-0.39, 0.29) is 0 Å². The number of hydrogen-bond acceptors (Lipinski definition) is 6. The van der Waals surface area contributed by atoms with Crippen molar-refractivity contribution in [2.24, 2.45) is 4.99 Å². The van der Waals surface area contributed by atoms with Crippen molar-refractivity contribution in [2.45, 2.75) is 33.4 Å². The molecule has 0 fully saturated rings. The summed E-state index contributed by atoms with van der Waals surface area (Å²) < 4.78 is 21.3. The van der Waals surface area contributed by atoms with E-state index < -0.39 is 5.97 Å². The molecule has 8 heteroatoms. The standard InChI is InChI=1S/C22H29N3O5/c1-6-23-22(24-12-17-11-18(14(2)30-17)21(26)29-5)25-8-7-15-9-19(27-3)20(28-4)10-16(15)13-25/h9-11H,6-8,12-13H2,1-5H3,(H,23,24). The van der Waals surface area contributed by atoms with Crippen LogP contribution in [0, 0.1) is 6.92 Å². The van der Waals surface area contributed by atoms with Gasteiger partial charge in [0.2, 0.25) is 0 Å². The minimum atomic E-state index is -0.407. The first-order valence-corrected chi connectivity index (χ1v) is 9.95. The highest BCUT2D eigenvalue weighted by atomic mass is 16.5. The molecule has 1 aromatic carbocycles. The van der Waals surface area contributed by atoms with Gasteiger partial charge in [0.05, 0.1) is 21.3 Å². The molecule has 0 spiro atoms. The lowest BCUT2D eigenvalue weighted by molar-refractivity contribution is 0.0599. The Kier molecular flexibility index (Phi) is 6.87. The van der Waals surface area contributed by atoms with Crippen molar-refractivity contribution < 1.29 is 23.4 Å². The number of nitrogens with zero attached hydrogens (tertiary/aromatic N) is 2. The van der Waals surface area contributed by atoms with Gasteiger partial charge in [0.1, 0.15) is 23.6 Å². The molecule has 0 atom stereocenters. The topological polar surface area (TPSA) is 85.5 Å². The third kappa shape index (κ3) is 4.53. The maximum Gasteiger partial charge on any atom is 0.341 e. The van der Waals surface area contributed by atoms with E-state index in [9.17, 15) is 4.79 Å². The summed E-state index contributed by atoms with van der Waals surface area (Å²) in [5, 5.41) is 3.35. The summed E-state index contributed by atoms with van der Waals surface area (Å²) >= 11 is 0. The number of nitrogens with one attached hydrogen (secondary N) is 1. The predicted molar refractivity (Wildman–Crippen MR) is 113 cm³/mol. The molecule has 0 aliphatic carbocycles. The smallest absolute Gasteiger partial charge is 0.341 e. The molecule has 1 aromatic heterocycles. The van der Waals surface area contributed by atoms with Gasteiger partial charge in [0.15, 0.2) is 17.5 Å². The van der Waals surface area contributed by atoms with Gasteiger partial charge in [-0.3, -0.25) is 0 Å². The molecule has 1 aliphatic rings. The van der Waals surface area contributed by atoms with Crippen LogP contribution in [-0.2, 0) is 24.2 Å². The van der Waals surface area contributed by atoms with Crippen LogP contribution in [0.4, 0.5) is 0 Å². The van der Waals surface area contributed by atoms with Crippen molar-refractivity contribution >= 4 is 11.9 Å². The fourth-order valence-electron chi connectivity index (χ4n) is 3.58. The van der Waals surface area contributed by atoms with Crippen LogP contribution >= 0.6 is 0 Å². The van der Waals surface area contributed by atoms with Gasteiger partial charge in [0, 0.05) is 19.6 Å². The molecule has 0 radical (unpaired) electrons. The second-order valence-electron chi connectivity index (χ2n) is 6.99. The summed E-state index contributed by atoms with van der Waals surface area (Å²) in [4.78, 5) is 18.7. The van der Waals surface area contributed by atoms with Crippen molar-refractivity contribution in [3.05, 3.63) is 46.4 Å². The number of carbonyl (C=O) groups is 1. The van der Waals surface area contributed by atoms with Crippen molar-refractivity contribution in [3.63, 3.8) is 0 Å². The minimum absolute atomic E-state index is 0.329. The van der Waals surface area contributed by atoms with Gasteiger partial charge in [-0.1, -0.05) is 0 Å². The first kappa shape index (κ1) is 21.5. The Morgan fingerprint density at radius 3 is 2.50 bits per heavy atom. The average Bonchev–Trinajstić information content (AvgIpc) is 3.15. The van der Waals surface area contributed by atoms with Crippen molar-refractivity contribution in [1.82, 2.24) is 10.2 Å². The molecule has 3 rings (SSSR count). The van der Waals surface area contributed by atoms with Gasteiger partial charge in [-0.15, -0.1) is 0 Å². The number of hydrogen-bond donors (Lipinski definition) is 1. The number of fused-ring (bicyclic) bond motifs is 1. The lowest BCUT2D eigenvalue weighted by Gasteiger charge is -2.32. The summed E-state index contributed by atoms with van der Waals surface area (Å²) in [7, 11) is 4.65. The number of rotatable bonds is 6. The largest absolute Gasteiger partial charge is 0.493 e. The van der Waals surface area contributed by atoms with Crippen LogP contribution in [0.3, 0.4) is 0 Å². The van der Waals surface area contributed by atoms with Crippen LogP contribution in [0.5, 0.6) is 11.5 Å². The number of guanidine groups is 1. The van der Waals surface area contributed by atoms with Gasteiger partial charge in [-0.25, -0.2) is 9.79 Å². The number of aryl methyl sites for hydroxylation is 1. The number of benzene rings is 1. The molecule has 0 bridgehead atoms. The van der Waals surface area contributed by atoms with Gasteiger partial charge in [-0.05, 0) is 49.6 Å². The zero-order chi connectivity index (χ0) is 21.7. The molecule has 1 aliphatic heterocycles. The van der Waals surface area contributed by atoms with Crippen LogP contribution in [0.15, 0.2) is 27.6 Å². The minimum Gasteiger partial charge on any atom is -0.493 e. The summed E-state index contributed by atoms with van der Waals surface area (Å²) in [6, 6.07) is 5.77. The normalized spacial score (nSPS) is 13.6. The molecular weight excluding hydrogens is 386 g/mol. The third-order valence-corrected chi connectivity index (χ3v) is 5.11. The van der Waals surface area contributed by atoms with Crippen molar-refractivity contribution in [2.75, 3.05) is 34.4 Å². The number of ether oxygens (including phenoxy) is 3. The zero-order valence-electron chi connectivity index (χ0n) is 18.2. The summed E-state index contributed by atoms with van der Waals surface area (Å²) in [5.41, 5.74) is 2.87. The zero-order valence-corrected chi connectivity index (χ0v) is 18.2. The van der Waals surface area contributed by atoms with Crippen LogP contribution in [0.1, 0.15) is 39.9 Å². The van der Waals surface area contributed by atoms with Crippen LogP contribution < -0.4 is 14.8 Å². The van der Waals surface area contributed by atoms with Crippen LogP contribution in [-0.4, -0.2) is 51.2 Å². The van der Waals surface area contributed by atoms with E-state index in [0.29, 0.717) is 30.2 Å². The van der Waals surface area contributed by atoms with Crippen LogP contribution in [0.25, 0.3) is 0 Å². The second-order valence-corrected chi connectivity index (χ2v) is 6.99. The SMILES string of the molecule is CCNC(=NCc1cc(C(=O)OC)c(C)o1)N1CCc2cc(OC)c(OC)cc2C1. The summed E-state index contributed by atoms with van der Waals surface area (Å²) in [5.74, 6) is 3.01. The van der Waals surface area contributed by atoms with Gasteiger partial charge in [-0.2, -0.15) is 0 Å². The second kappa shape index (κ2) is 9.56. The summed E-state index contributed by atoms with van der Waals surface area (Å²) in [6.45, 7) is 6.40. The Bertz CT molecular complexity index is 935. The Morgan fingerprint density at radius 1 is 1.17 bits per heavy atom. The molecule has 8 nitrogen and oxygen atoms in total. The molecule has 1 N–H and O–H groups in total. The average molecular weight is 415 g/mol. The maximum absolute atomic E-state index is 11.8. The molecule has 162 valence electrons. The number of carbonyl (C=O) groups excluding carboxylic acids is 1. The van der Waals surface area contributed by atoms with E-state index in [0.717, 1.165) is 37.0 Å². The Hall–Kier alpha value is -3.16. The number of aliphatic imine (C=N–C) groups is 1. The van der Waals surface area contributed by atoms with E-state index in [1.807, 2.05) is 13.0 Å². The highest BCUT2D eigenvalue weighted by molar-refractivity contribution is 5.90. The van der Waals surface area contributed by atoms with E-state index in [2.05, 4.69) is 16.3 Å². The molecule has 0 unspecified atom stereocenters. The first-order valence-electron chi connectivity index (χ1n) is 9.95. The van der Waals surface area contributed by atoms with Gasteiger partial charge >= 0.3 is 5.97 Å². The van der Waals surface area contributed by atoms with E-state index >= 15 is 0 Å². The van der Waals surface area contributed by atoms with Gasteiger partial charge in [0.25, 0.3) is 0 Å². The number of esters is 1. The first-order chi connectivity index (χ1) is 14.5. The highest BCUT2D eigenvalue weighted by Gasteiger charge is 2.22. The Balaban J connectivity index is 1.79. The number of methoxy groups -OCH3 is 3. The quantitative estimate of drug-likeness (QED) is 0.441. The lowest BCUT2D eigenvalue weighted by atomic mass is 9.99. The molecule has 0 amide bonds. The third-order valence-electron chi connectivity index (χ3n) is 5.11. The lowest BCUT2D eigenvalue weighted by Crippen LogP contribution is -2.44. The monoisotopic (exact) mass is 415 g/mol. The number of furan rings is 1. The Labute approximate surface area is 176 Å². The predicted octanol–water partition coefficient (Wildman–Crippen LogP) is 2.92. The van der Waals surface area contributed by atoms with E-state index in [4.69, 9.17) is 23.6 Å². The highest BCUT2D eigenvalue weighted by Crippen LogP contribution is 2.33. The fraction of sp³-hybridized carbons (Fsp3) is 0.455. The summed E-state index contributed by atoms with van der Waals surface area (Å²) in [6.07, 6.45) is 0.881. The molecule has 2 aromatic rings. The molecular formula is C22H29N3O5. The van der Waals surface area contributed by atoms with Crippen LogP contribution in [0.2, 0.25) is 0 Å². The van der Waals surface area contributed by atoms with Crippen molar-refractivity contribution in [1.29, 1.82) is 0 Å². The van der Waals surface area contributed by atoms with Crippen molar-refractivity contribution in [3.8, 4) is 11.5 Å². The van der Waals surface area contributed by atoms with E-state index in [1.165, 1.54) is 18.2 Å². The fourth-order valence-corrected chi connectivity index (χ4v) is 3.58. The van der Waals surface area contributed by atoms with Gasteiger partial charge < -0.3 is 28.8 Å². The molecule has 0 saturated heterocycles. The Morgan fingerprint density at radius 2 is 1.87 bits per heavy atom. The molecule has 30 heavy (non-hydrogen) atoms.